The minimum absolute atomic E-state index is 0.00128. The van der Waals surface area contributed by atoms with E-state index in [1.807, 2.05) is 12.1 Å². The molecule has 0 radical (unpaired) electrons. The van der Waals surface area contributed by atoms with Crippen LogP contribution in [0, 0.1) is 35.0 Å². The number of hydrogen-bond donors (Lipinski definition) is 3. The van der Waals surface area contributed by atoms with Gasteiger partial charge >= 0.3 is 0 Å². The second-order valence-electron chi connectivity index (χ2n) is 11.8. The highest BCUT2D eigenvalue weighted by molar-refractivity contribution is 7.89. The van der Waals surface area contributed by atoms with Crippen molar-refractivity contribution in [1.29, 1.82) is 0 Å². The quantitative estimate of drug-likeness (QED) is 0.0998. The van der Waals surface area contributed by atoms with Crippen molar-refractivity contribution in [2.45, 2.75) is 69.6 Å². The molecule has 46 heavy (non-hydrogen) atoms. The number of aliphatic hydroxyl groups is 2. The highest BCUT2D eigenvalue weighted by Gasteiger charge is 2.39. The van der Waals surface area contributed by atoms with Gasteiger partial charge in [0.15, 0.2) is 34.5 Å². The molecule has 0 atom stereocenters. The van der Waals surface area contributed by atoms with Crippen LogP contribution in [-0.2, 0) is 21.4 Å². The molecule has 0 spiro atoms. The Morgan fingerprint density at radius 3 is 1.96 bits per heavy atom. The van der Waals surface area contributed by atoms with Crippen molar-refractivity contribution in [3.8, 4) is 5.75 Å². The molecular weight excluding hydrogens is 635 g/mol. The summed E-state index contributed by atoms with van der Waals surface area (Å²) in [5, 5.41) is 29.4. The molecule has 1 saturated carbocycles. The lowest BCUT2D eigenvalue weighted by atomic mass is 9.84. The van der Waals surface area contributed by atoms with Gasteiger partial charge in [0.2, 0.25) is 21.7 Å². The lowest BCUT2D eigenvalue weighted by molar-refractivity contribution is -0.119. The van der Waals surface area contributed by atoms with Gasteiger partial charge in [0.1, 0.15) is 5.75 Å². The SMILES string of the molecule is CC(C)CN(CC(=O)N(Cc1ccc(C2CCCCC2)cc1)c1ccc(C(O)O)c(O)c1)S(=O)(=O)c1c(F)c(F)c(F)c(F)c1F. The van der Waals surface area contributed by atoms with Crippen molar-refractivity contribution >= 4 is 21.6 Å². The predicted molar refractivity (Wildman–Crippen MR) is 159 cm³/mol. The Morgan fingerprint density at radius 2 is 1.43 bits per heavy atom. The molecular formula is C32H35F5N2O6S. The van der Waals surface area contributed by atoms with Crippen molar-refractivity contribution in [3.05, 3.63) is 88.2 Å². The second-order valence-corrected chi connectivity index (χ2v) is 13.6. The van der Waals surface area contributed by atoms with Crippen LogP contribution >= 0.6 is 0 Å². The third kappa shape index (κ3) is 7.51. The number of amides is 1. The zero-order chi connectivity index (χ0) is 33.9. The Labute approximate surface area is 263 Å². The Hall–Kier alpha value is -3.59. The molecule has 0 aliphatic heterocycles. The molecule has 4 rings (SSSR count). The number of hydrogen-bond acceptors (Lipinski definition) is 6. The van der Waals surface area contributed by atoms with Crippen molar-refractivity contribution in [3.63, 3.8) is 0 Å². The summed E-state index contributed by atoms with van der Waals surface area (Å²) in [5.74, 6) is -14.3. The Balaban J connectivity index is 1.73. The predicted octanol–water partition coefficient (Wildman–Crippen LogP) is 6.00. The van der Waals surface area contributed by atoms with Crippen LogP contribution in [0.15, 0.2) is 47.4 Å². The molecule has 0 aromatic heterocycles. The van der Waals surface area contributed by atoms with Gasteiger partial charge in [0, 0.05) is 23.9 Å². The van der Waals surface area contributed by atoms with Gasteiger partial charge in [0.05, 0.1) is 13.1 Å². The van der Waals surface area contributed by atoms with Gasteiger partial charge in [-0.25, -0.2) is 30.4 Å². The molecule has 0 saturated heterocycles. The van der Waals surface area contributed by atoms with Gasteiger partial charge in [-0.15, -0.1) is 0 Å². The first-order valence-corrected chi connectivity index (χ1v) is 16.2. The van der Waals surface area contributed by atoms with Crippen LogP contribution in [0.25, 0.3) is 0 Å². The van der Waals surface area contributed by atoms with E-state index in [1.54, 1.807) is 12.1 Å². The van der Waals surface area contributed by atoms with Crippen LogP contribution in [-0.4, -0.2) is 47.0 Å². The van der Waals surface area contributed by atoms with E-state index in [0.29, 0.717) is 15.8 Å². The standard InChI is InChI=1S/C32H35F5N2O6S/c1-18(2)15-38(46(44,45)31-29(36)27(34)26(33)28(35)30(31)37)17-25(41)39(22-12-13-23(32(42)43)24(40)14-22)16-19-8-10-21(11-9-19)20-6-4-3-5-7-20/h8-14,18,20,32,40,42-43H,3-7,15-17H2,1-2H3. The number of halogens is 5. The van der Waals surface area contributed by atoms with Crippen molar-refractivity contribution < 1.29 is 50.5 Å². The van der Waals surface area contributed by atoms with Gasteiger partial charge in [-0.2, -0.15) is 4.31 Å². The molecule has 8 nitrogen and oxygen atoms in total. The molecule has 1 fully saturated rings. The third-order valence-electron chi connectivity index (χ3n) is 7.95. The van der Waals surface area contributed by atoms with Gasteiger partial charge in [-0.05, 0) is 47.9 Å². The molecule has 1 amide bonds. The Morgan fingerprint density at radius 1 is 0.870 bits per heavy atom. The number of sulfonamides is 1. The molecule has 1 aliphatic rings. The largest absolute Gasteiger partial charge is 0.507 e. The van der Waals surface area contributed by atoms with Gasteiger partial charge in [-0.3, -0.25) is 4.79 Å². The molecule has 3 aromatic rings. The zero-order valence-electron chi connectivity index (χ0n) is 25.2. The summed E-state index contributed by atoms with van der Waals surface area (Å²) in [7, 11) is -5.47. The normalized spacial score (nSPS) is 14.4. The number of anilines is 1. The maximum atomic E-state index is 14.7. The molecule has 0 unspecified atom stereocenters. The van der Waals surface area contributed by atoms with Crippen molar-refractivity contribution in [1.82, 2.24) is 4.31 Å². The van der Waals surface area contributed by atoms with E-state index >= 15 is 0 Å². The molecule has 250 valence electrons. The number of benzene rings is 3. The monoisotopic (exact) mass is 670 g/mol. The van der Waals surface area contributed by atoms with E-state index in [2.05, 4.69) is 0 Å². The summed E-state index contributed by atoms with van der Waals surface area (Å²) in [6.45, 7) is 1.26. The summed E-state index contributed by atoms with van der Waals surface area (Å²) in [5.41, 5.74) is 1.44. The van der Waals surface area contributed by atoms with Crippen LogP contribution in [0.2, 0.25) is 0 Å². The van der Waals surface area contributed by atoms with Crippen molar-refractivity contribution in [2.24, 2.45) is 5.92 Å². The molecule has 0 bridgehead atoms. The van der Waals surface area contributed by atoms with E-state index in [4.69, 9.17) is 0 Å². The number of carbonyl (C=O) groups excluding carboxylic acids is 1. The summed E-state index contributed by atoms with van der Waals surface area (Å²) >= 11 is 0. The lowest BCUT2D eigenvalue weighted by Crippen LogP contribution is -2.44. The zero-order valence-corrected chi connectivity index (χ0v) is 26.0. The van der Waals surface area contributed by atoms with Gasteiger partial charge in [0.25, 0.3) is 0 Å². The summed E-state index contributed by atoms with van der Waals surface area (Å²) in [6, 6.07) is 10.9. The second kappa shape index (κ2) is 14.4. The summed E-state index contributed by atoms with van der Waals surface area (Å²) < 4.78 is 98.3. The van der Waals surface area contributed by atoms with Gasteiger partial charge < -0.3 is 20.2 Å². The Bertz CT molecular complexity index is 1650. The van der Waals surface area contributed by atoms with Crippen LogP contribution in [0.5, 0.6) is 5.75 Å². The van der Waals surface area contributed by atoms with Gasteiger partial charge in [-0.1, -0.05) is 57.4 Å². The summed E-state index contributed by atoms with van der Waals surface area (Å²) in [4.78, 5) is 12.8. The van der Waals surface area contributed by atoms with E-state index < -0.39 is 81.0 Å². The van der Waals surface area contributed by atoms with E-state index in [-0.39, 0.29) is 17.8 Å². The number of aromatic hydroxyl groups is 1. The first-order valence-electron chi connectivity index (χ1n) is 14.7. The lowest BCUT2D eigenvalue weighted by Gasteiger charge is -2.29. The minimum atomic E-state index is -5.47. The number of aliphatic hydroxyl groups excluding tert-OH is 1. The first kappa shape index (κ1) is 35.3. The highest BCUT2D eigenvalue weighted by atomic mass is 32.2. The highest BCUT2D eigenvalue weighted by Crippen LogP contribution is 2.34. The summed E-state index contributed by atoms with van der Waals surface area (Å²) in [6.07, 6.45) is 3.48. The maximum absolute atomic E-state index is 14.7. The van der Waals surface area contributed by atoms with Crippen LogP contribution < -0.4 is 4.90 Å². The fourth-order valence-electron chi connectivity index (χ4n) is 5.59. The van der Waals surface area contributed by atoms with Crippen molar-refractivity contribution in [2.75, 3.05) is 18.0 Å². The fraction of sp³-hybridized carbons (Fsp3) is 0.406. The average molecular weight is 671 g/mol. The molecule has 1 aliphatic carbocycles. The first-order chi connectivity index (χ1) is 21.6. The van der Waals surface area contributed by atoms with E-state index in [9.17, 15) is 50.5 Å². The molecule has 3 aromatic carbocycles. The third-order valence-corrected chi connectivity index (χ3v) is 9.78. The molecule has 3 N–H and O–H groups in total. The average Bonchev–Trinajstić information content (AvgIpc) is 3.01. The number of phenols is 1. The van der Waals surface area contributed by atoms with Crippen LogP contribution in [0.1, 0.15) is 74.8 Å². The number of nitrogens with zero attached hydrogens (tertiary/aromatic N) is 2. The smallest absolute Gasteiger partial charge is 0.249 e. The van der Waals surface area contributed by atoms with E-state index in [1.165, 1.54) is 26.3 Å². The van der Waals surface area contributed by atoms with Crippen LogP contribution in [0.3, 0.4) is 0 Å². The number of phenolic OH excluding ortho intramolecular Hbond substituents is 1. The molecule has 0 heterocycles. The molecule has 14 heteroatoms. The topological polar surface area (TPSA) is 118 Å². The number of carbonyl (C=O) groups is 1. The fourth-order valence-corrected chi connectivity index (χ4v) is 7.25. The number of rotatable bonds is 11. The maximum Gasteiger partial charge on any atom is 0.249 e. The minimum Gasteiger partial charge on any atom is -0.507 e. The Kier molecular flexibility index (Phi) is 11.1. The van der Waals surface area contributed by atoms with E-state index in [0.717, 1.165) is 48.3 Å². The van der Waals surface area contributed by atoms with Crippen LogP contribution in [0.4, 0.5) is 27.6 Å².